The van der Waals surface area contributed by atoms with E-state index in [1.807, 2.05) is 0 Å². The van der Waals surface area contributed by atoms with E-state index in [0.717, 1.165) is 32.2 Å². The molecule has 7 heteroatoms. The average molecular weight is 283 g/mol. The minimum atomic E-state index is -0.433. The van der Waals surface area contributed by atoms with Gasteiger partial charge in [0.15, 0.2) is 0 Å². The molecule has 0 unspecified atom stereocenters. The molecule has 1 saturated carbocycles. The Hall–Kier alpha value is -1.40. The molecule has 102 valence electrons. The molecule has 1 aliphatic carbocycles. The van der Waals surface area contributed by atoms with Crippen molar-refractivity contribution in [3.05, 3.63) is 27.4 Å². The van der Waals surface area contributed by atoms with Crippen LogP contribution in [0.5, 0.6) is 0 Å². The van der Waals surface area contributed by atoms with Crippen molar-refractivity contribution in [2.45, 2.75) is 18.9 Å². The fraction of sp³-hybridized carbons (Fsp3) is 0.583. The Morgan fingerprint density at radius 2 is 1.95 bits per heavy atom. The van der Waals surface area contributed by atoms with Crippen molar-refractivity contribution in [1.82, 2.24) is 9.88 Å². The first-order chi connectivity index (χ1) is 9.13. The van der Waals surface area contributed by atoms with Crippen LogP contribution < -0.4 is 4.90 Å². The lowest BCUT2D eigenvalue weighted by molar-refractivity contribution is -0.384. The second-order valence-corrected chi connectivity index (χ2v) is 5.40. The highest BCUT2D eigenvalue weighted by Gasteiger charge is 2.31. The summed E-state index contributed by atoms with van der Waals surface area (Å²) in [6.45, 7) is 3.68. The second kappa shape index (κ2) is 4.94. The van der Waals surface area contributed by atoms with E-state index in [4.69, 9.17) is 11.6 Å². The van der Waals surface area contributed by atoms with Crippen molar-refractivity contribution >= 4 is 23.1 Å². The number of nitro groups is 1. The SMILES string of the molecule is O=[N+]([O-])c1cc(Cl)nc(N2CCN(C3CC3)CC2)c1. The molecule has 2 aliphatic rings. The molecule has 0 atom stereocenters. The highest BCUT2D eigenvalue weighted by molar-refractivity contribution is 6.29. The predicted molar refractivity (Wildman–Crippen MR) is 72.7 cm³/mol. The highest BCUT2D eigenvalue weighted by atomic mass is 35.5. The number of hydrogen-bond acceptors (Lipinski definition) is 5. The van der Waals surface area contributed by atoms with Gasteiger partial charge in [0.1, 0.15) is 11.0 Å². The van der Waals surface area contributed by atoms with E-state index >= 15 is 0 Å². The normalized spacial score (nSPS) is 20.6. The molecular weight excluding hydrogens is 268 g/mol. The molecule has 3 rings (SSSR count). The minimum Gasteiger partial charge on any atom is -0.354 e. The van der Waals surface area contributed by atoms with Crippen LogP contribution in [0.3, 0.4) is 0 Å². The maximum Gasteiger partial charge on any atom is 0.276 e. The Kier molecular flexibility index (Phi) is 3.28. The van der Waals surface area contributed by atoms with Gasteiger partial charge in [-0.1, -0.05) is 11.6 Å². The molecule has 0 amide bonds. The van der Waals surface area contributed by atoms with E-state index in [1.165, 1.54) is 25.0 Å². The number of nitrogens with zero attached hydrogens (tertiary/aromatic N) is 4. The minimum absolute atomic E-state index is 0.000350. The zero-order chi connectivity index (χ0) is 13.4. The Balaban J connectivity index is 1.73. The van der Waals surface area contributed by atoms with Crippen molar-refractivity contribution in [3.8, 4) is 0 Å². The van der Waals surface area contributed by atoms with Gasteiger partial charge >= 0.3 is 0 Å². The molecule has 2 heterocycles. The standard InChI is InChI=1S/C12H15ClN4O2/c13-11-7-10(17(18)19)8-12(14-11)16-5-3-15(4-6-16)9-1-2-9/h7-9H,1-6H2. The molecule has 0 aromatic carbocycles. The van der Waals surface area contributed by atoms with Gasteiger partial charge in [0.2, 0.25) is 0 Å². The topological polar surface area (TPSA) is 62.5 Å². The third-order valence-corrected chi connectivity index (χ3v) is 3.87. The lowest BCUT2D eigenvalue weighted by Crippen LogP contribution is -2.47. The van der Waals surface area contributed by atoms with Crippen molar-refractivity contribution in [2.75, 3.05) is 31.1 Å². The Bertz CT molecular complexity index is 499. The molecule has 0 radical (unpaired) electrons. The predicted octanol–water partition coefficient (Wildman–Crippen LogP) is 1.93. The third kappa shape index (κ3) is 2.79. The molecule has 1 aromatic heterocycles. The van der Waals surface area contributed by atoms with Crippen LogP contribution >= 0.6 is 11.6 Å². The van der Waals surface area contributed by atoms with Crippen LogP contribution in [-0.2, 0) is 0 Å². The zero-order valence-electron chi connectivity index (χ0n) is 10.5. The third-order valence-electron chi connectivity index (χ3n) is 3.68. The summed E-state index contributed by atoms with van der Waals surface area (Å²) in [5.74, 6) is 0.606. The molecule has 6 nitrogen and oxygen atoms in total. The number of hydrogen-bond donors (Lipinski definition) is 0. The van der Waals surface area contributed by atoms with Crippen LogP contribution in [0.2, 0.25) is 5.15 Å². The monoisotopic (exact) mass is 282 g/mol. The summed E-state index contributed by atoms with van der Waals surface area (Å²) in [5, 5.41) is 11.0. The van der Waals surface area contributed by atoms with Crippen molar-refractivity contribution in [1.29, 1.82) is 0 Å². The Morgan fingerprint density at radius 1 is 1.26 bits per heavy atom. The lowest BCUT2D eigenvalue weighted by Gasteiger charge is -2.35. The van der Waals surface area contributed by atoms with Gasteiger partial charge in [0.05, 0.1) is 17.1 Å². The van der Waals surface area contributed by atoms with Crippen LogP contribution in [0.25, 0.3) is 0 Å². The maximum absolute atomic E-state index is 10.8. The molecule has 1 aliphatic heterocycles. The fourth-order valence-corrected chi connectivity index (χ4v) is 2.69. The number of rotatable bonds is 3. The second-order valence-electron chi connectivity index (χ2n) is 5.02. The highest BCUT2D eigenvalue weighted by Crippen LogP contribution is 2.29. The number of anilines is 1. The van der Waals surface area contributed by atoms with Gasteiger partial charge < -0.3 is 4.90 Å². The lowest BCUT2D eigenvalue weighted by atomic mass is 10.3. The summed E-state index contributed by atoms with van der Waals surface area (Å²) >= 11 is 5.85. The Labute approximate surface area is 116 Å². The maximum atomic E-state index is 10.8. The van der Waals surface area contributed by atoms with Crippen molar-refractivity contribution in [2.24, 2.45) is 0 Å². The van der Waals surface area contributed by atoms with Crippen LogP contribution in [0, 0.1) is 10.1 Å². The van der Waals surface area contributed by atoms with E-state index in [-0.39, 0.29) is 10.8 Å². The van der Waals surface area contributed by atoms with Gasteiger partial charge in [0, 0.05) is 32.2 Å². The first-order valence-electron chi connectivity index (χ1n) is 6.44. The van der Waals surface area contributed by atoms with Gasteiger partial charge in [-0.05, 0) is 12.8 Å². The number of pyridine rings is 1. The van der Waals surface area contributed by atoms with E-state index in [0.29, 0.717) is 5.82 Å². The summed E-state index contributed by atoms with van der Waals surface area (Å²) in [5.41, 5.74) is -0.000350. The summed E-state index contributed by atoms with van der Waals surface area (Å²) in [6, 6.07) is 3.55. The molecule has 0 spiro atoms. The number of piperazine rings is 1. The summed E-state index contributed by atoms with van der Waals surface area (Å²) in [7, 11) is 0. The van der Waals surface area contributed by atoms with E-state index in [1.54, 1.807) is 0 Å². The van der Waals surface area contributed by atoms with Crippen molar-refractivity contribution in [3.63, 3.8) is 0 Å². The first kappa shape index (κ1) is 12.6. The van der Waals surface area contributed by atoms with E-state index < -0.39 is 4.92 Å². The van der Waals surface area contributed by atoms with Crippen LogP contribution in [0.15, 0.2) is 12.1 Å². The first-order valence-corrected chi connectivity index (χ1v) is 6.82. The van der Waals surface area contributed by atoms with Crippen LogP contribution in [0.4, 0.5) is 11.5 Å². The molecule has 0 N–H and O–H groups in total. The molecular formula is C12H15ClN4O2. The van der Waals surface area contributed by atoms with Gasteiger partial charge in [-0.3, -0.25) is 15.0 Å². The zero-order valence-corrected chi connectivity index (χ0v) is 11.2. The molecule has 0 bridgehead atoms. The molecule has 19 heavy (non-hydrogen) atoms. The Morgan fingerprint density at radius 3 is 2.53 bits per heavy atom. The van der Waals surface area contributed by atoms with Gasteiger partial charge in [-0.2, -0.15) is 0 Å². The summed E-state index contributed by atoms with van der Waals surface area (Å²) in [4.78, 5) is 19.1. The van der Waals surface area contributed by atoms with E-state index in [2.05, 4.69) is 14.8 Å². The van der Waals surface area contributed by atoms with Gasteiger partial charge in [0.25, 0.3) is 5.69 Å². The largest absolute Gasteiger partial charge is 0.354 e. The van der Waals surface area contributed by atoms with E-state index in [9.17, 15) is 10.1 Å². The van der Waals surface area contributed by atoms with Gasteiger partial charge in [-0.15, -0.1) is 0 Å². The number of halogens is 1. The van der Waals surface area contributed by atoms with Crippen molar-refractivity contribution < 1.29 is 4.92 Å². The molecule has 1 saturated heterocycles. The smallest absolute Gasteiger partial charge is 0.276 e. The van der Waals surface area contributed by atoms with Gasteiger partial charge in [-0.25, -0.2) is 4.98 Å². The van der Waals surface area contributed by atoms with Crippen LogP contribution in [-0.4, -0.2) is 47.0 Å². The van der Waals surface area contributed by atoms with Crippen LogP contribution in [0.1, 0.15) is 12.8 Å². The average Bonchev–Trinajstić information content (AvgIpc) is 3.22. The fourth-order valence-electron chi connectivity index (χ4n) is 2.49. The number of aromatic nitrogens is 1. The summed E-state index contributed by atoms with van der Waals surface area (Å²) in [6.07, 6.45) is 2.61. The molecule has 2 fully saturated rings. The molecule has 1 aromatic rings. The quantitative estimate of drug-likeness (QED) is 0.481. The summed E-state index contributed by atoms with van der Waals surface area (Å²) < 4.78 is 0.